The van der Waals surface area contributed by atoms with Gasteiger partial charge in [0.15, 0.2) is 17.4 Å². The number of ether oxygens (including phenoxy) is 1. The number of rotatable bonds is 10. The van der Waals surface area contributed by atoms with Crippen molar-refractivity contribution >= 4 is 48.5 Å². The Labute approximate surface area is 198 Å². The number of nitrogens with one attached hydrogen (secondary N) is 1. The van der Waals surface area contributed by atoms with Gasteiger partial charge in [0.1, 0.15) is 37.3 Å². The van der Waals surface area contributed by atoms with Crippen LogP contribution in [0.1, 0.15) is 27.0 Å². The van der Waals surface area contributed by atoms with Gasteiger partial charge in [-0.15, -0.1) is 9.05 Å². The molecule has 5 atom stereocenters. The van der Waals surface area contributed by atoms with Gasteiger partial charge in [-0.2, -0.15) is 4.98 Å². The number of aromatic nitrogens is 4. The van der Waals surface area contributed by atoms with Crippen molar-refractivity contribution in [3.63, 3.8) is 0 Å². The number of aldehydes is 1. The van der Waals surface area contributed by atoms with Crippen LogP contribution in [0.25, 0.3) is 11.2 Å². The molecule has 34 heavy (non-hydrogen) atoms. The Morgan fingerprint density at radius 2 is 2.21 bits per heavy atom. The smallest absolute Gasteiger partial charge is 0.387 e. The van der Waals surface area contributed by atoms with Crippen molar-refractivity contribution in [2.75, 3.05) is 24.7 Å². The molecule has 186 valence electrons. The Kier molecular flexibility index (Phi) is 7.87. The third-order valence-electron chi connectivity index (χ3n) is 5.14. The monoisotopic (exact) mass is 518 g/mol. The Morgan fingerprint density at radius 3 is 2.88 bits per heavy atom. The average molecular weight is 518 g/mol. The normalized spacial score (nSPS) is 25.6. The van der Waals surface area contributed by atoms with E-state index in [1.807, 2.05) is 0 Å². The maximum absolute atomic E-state index is 12.0. The minimum absolute atomic E-state index is 0.0350. The molecule has 16 heteroatoms. The Balaban J connectivity index is 1.57. The first-order valence-corrected chi connectivity index (χ1v) is 12.1. The number of carbonyl (C=O) groups is 2. The summed E-state index contributed by atoms with van der Waals surface area (Å²) in [5, 5.41) is 21.1. The number of thioether (sulfide) groups is 1. The van der Waals surface area contributed by atoms with Gasteiger partial charge in [-0.05, 0) is 20.8 Å². The first-order valence-electron chi connectivity index (χ1n) is 10.0. The highest BCUT2D eigenvalue weighted by Crippen LogP contribution is 2.40. The molecule has 0 radical (unpaired) electrons. The SMILES string of the molecule is CC(C)(C=O)C(=O)SCCO[P+](=O)OCC1OC(n2cnc3c(=O)[nH]c(N)nc32)C(C)(O)C1O. The molecule has 0 aromatic carbocycles. The van der Waals surface area contributed by atoms with Crippen molar-refractivity contribution in [1.29, 1.82) is 0 Å². The van der Waals surface area contributed by atoms with Gasteiger partial charge in [0.05, 0.1) is 11.7 Å². The number of aromatic amines is 1. The Morgan fingerprint density at radius 1 is 1.50 bits per heavy atom. The zero-order valence-corrected chi connectivity index (χ0v) is 20.2. The molecule has 14 nitrogen and oxygen atoms in total. The molecule has 0 bridgehead atoms. The van der Waals surface area contributed by atoms with Gasteiger partial charge < -0.3 is 25.5 Å². The molecule has 5 unspecified atom stereocenters. The molecule has 1 aliphatic rings. The van der Waals surface area contributed by atoms with Crippen molar-refractivity contribution < 1.29 is 38.2 Å². The van der Waals surface area contributed by atoms with Gasteiger partial charge in [0.25, 0.3) is 5.56 Å². The van der Waals surface area contributed by atoms with Crippen LogP contribution in [0.4, 0.5) is 5.95 Å². The largest absolute Gasteiger partial charge is 0.697 e. The number of anilines is 1. The van der Waals surface area contributed by atoms with Gasteiger partial charge in [-0.1, -0.05) is 11.8 Å². The number of aliphatic hydroxyl groups is 2. The molecule has 1 aliphatic heterocycles. The molecule has 0 amide bonds. The number of fused-ring (bicyclic) bond motifs is 1. The van der Waals surface area contributed by atoms with Gasteiger partial charge in [0.2, 0.25) is 11.1 Å². The zero-order chi connectivity index (χ0) is 25.3. The Hall–Kier alpha value is -2.26. The summed E-state index contributed by atoms with van der Waals surface area (Å²) < 4.78 is 29.1. The van der Waals surface area contributed by atoms with Crippen molar-refractivity contribution in [2.45, 2.75) is 44.8 Å². The fourth-order valence-electron chi connectivity index (χ4n) is 3.14. The quantitative estimate of drug-likeness (QED) is 0.140. The summed E-state index contributed by atoms with van der Waals surface area (Å²) >= 11 is 0.870. The topological polar surface area (TPSA) is 209 Å². The lowest BCUT2D eigenvalue weighted by molar-refractivity contribution is -0.126. The first kappa shape index (κ1) is 26.3. The number of aliphatic hydroxyl groups excluding tert-OH is 1. The van der Waals surface area contributed by atoms with Crippen LogP contribution in [0.2, 0.25) is 0 Å². The predicted molar refractivity (Wildman–Crippen MR) is 120 cm³/mol. The van der Waals surface area contributed by atoms with Crippen molar-refractivity contribution in [3.8, 4) is 0 Å². The lowest BCUT2D eigenvalue weighted by Crippen LogP contribution is -2.44. The van der Waals surface area contributed by atoms with Crippen LogP contribution in [-0.2, 0) is 27.9 Å². The van der Waals surface area contributed by atoms with E-state index in [9.17, 15) is 29.2 Å². The number of nitrogens with two attached hydrogens (primary N) is 1. The second kappa shape index (κ2) is 10.2. The third-order valence-corrected chi connectivity index (χ3v) is 7.05. The number of H-pyrrole nitrogens is 1. The highest BCUT2D eigenvalue weighted by atomic mass is 32.2. The number of hydrogen-bond donors (Lipinski definition) is 4. The molecular weight excluding hydrogens is 493 g/mol. The minimum atomic E-state index is -2.62. The summed E-state index contributed by atoms with van der Waals surface area (Å²) in [6, 6.07) is 0. The number of nitrogens with zero attached hydrogens (tertiary/aromatic N) is 3. The van der Waals surface area contributed by atoms with E-state index in [1.54, 1.807) is 0 Å². The second-order valence-corrected chi connectivity index (χ2v) is 10.3. The van der Waals surface area contributed by atoms with E-state index < -0.39 is 49.9 Å². The number of hydrogen-bond acceptors (Lipinski definition) is 13. The van der Waals surface area contributed by atoms with E-state index >= 15 is 0 Å². The van der Waals surface area contributed by atoms with Crippen LogP contribution in [0.5, 0.6) is 0 Å². The summed E-state index contributed by atoms with van der Waals surface area (Å²) in [7, 11) is -2.62. The van der Waals surface area contributed by atoms with Crippen molar-refractivity contribution in [3.05, 3.63) is 16.7 Å². The van der Waals surface area contributed by atoms with Crippen LogP contribution in [0, 0.1) is 5.41 Å². The summed E-state index contributed by atoms with van der Waals surface area (Å²) in [5.74, 6) is -0.0101. The van der Waals surface area contributed by atoms with Gasteiger partial charge in [-0.25, -0.2) is 4.98 Å². The Bertz CT molecular complexity index is 1150. The van der Waals surface area contributed by atoms with Crippen molar-refractivity contribution in [2.24, 2.45) is 5.41 Å². The van der Waals surface area contributed by atoms with Gasteiger partial charge >= 0.3 is 8.25 Å². The molecule has 0 spiro atoms. The summed E-state index contributed by atoms with van der Waals surface area (Å²) in [4.78, 5) is 45.0. The zero-order valence-electron chi connectivity index (χ0n) is 18.5. The van der Waals surface area contributed by atoms with Crippen LogP contribution in [-0.4, -0.2) is 77.9 Å². The number of imidazole rings is 1. The highest BCUT2D eigenvalue weighted by Gasteiger charge is 2.54. The van der Waals surface area contributed by atoms with E-state index in [4.69, 9.17) is 19.5 Å². The molecule has 3 heterocycles. The van der Waals surface area contributed by atoms with Gasteiger partial charge in [-0.3, -0.25) is 19.1 Å². The third kappa shape index (κ3) is 5.35. The molecule has 5 N–H and O–H groups in total. The first-order chi connectivity index (χ1) is 15.9. The second-order valence-electron chi connectivity index (χ2n) is 8.30. The maximum atomic E-state index is 12.0. The molecule has 1 fully saturated rings. The standard InChI is InChI=1S/C18H24N5O9PS/c1-17(2,7-24)15(27)34-5-4-30-33(29)31-6-9-11(25)18(3,28)14(32-9)23-8-20-10-12(23)21-16(19)22-13(10)26/h7-9,11,14,25,28H,4-6H2,1-3H3,(H2-,19,21,22,26)/p+1. The lowest BCUT2D eigenvalue weighted by atomic mass is 9.96. The lowest BCUT2D eigenvalue weighted by Gasteiger charge is -2.27. The number of nitrogen functional groups attached to an aromatic ring is 1. The minimum Gasteiger partial charge on any atom is -0.387 e. The summed E-state index contributed by atoms with van der Waals surface area (Å²) in [6.45, 7) is 3.82. The predicted octanol–water partition coefficient (Wildman–Crippen LogP) is -0.113. The molecule has 3 rings (SSSR count). The van der Waals surface area contributed by atoms with Crippen LogP contribution in [0.3, 0.4) is 0 Å². The molecule has 0 saturated carbocycles. The van der Waals surface area contributed by atoms with E-state index in [1.165, 1.54) is 31.7 Å². The molecule has 0 aliphatic carbocycles. The molecule has 2 aromatic rings. The average Bonchev–Trinajstić information content (AvgIpc) is 3.28. The molecule has 1 saturated heterocycles. The number of carbonyl (C=O) groups excluding carboxylic acids is 2. The van der Waals surface area contributed by atoms with E-state index in [2.05, 4.69) is 15.0 Å². The van der Waals surface area contributed by atoms with Crippen LogP contribution in [0.15, 0.2) is 11.1 Å². The van der Waals surface area contributed by atoms with Gasteiger partial charge in [0, 0.05) is 10.3 Å². The molecule has 2 aromatic heterocycles. The van der Waals surface area contributed by atoms with Crippen molar-refractivity contribution in [1.82, 2.24) is 19.5 Å². The van der Waals surface area contributed by atoms with E-state index in [0.29, 0.717) is 6.29 Å². The van der Waals surface area contributed by atoms with E-state index in [-0.39, 0.29) is 34.6 Å². The summed E-state index contributed by atoms with van der Waals surface area (Å²) in [6.07, 6.45) is -2.01. The van der Waals surface area contributed by atoms with E-state index in [0.717, 1.165) is 11.8 Å². The maximum Gasteiger partial charge on any atom is 0.697 e. The van der Waals surface area contributed by atoms with Crippen LogP contribution < -0.4 is 11.3 Å². The van der Waals surface area contributed by atoms with Crippen LogP contribution >= 0.6 is 20.0 Å². The summed E-state index contributed by atoms with van der Waals surface area (Å²) in [5.41, 5.74) is 2.04. The highest BCUT2D eigenvalue weighted by molar-refractivity contribution is 8.13. The fraction of sp³-hybridized carbons (Fsp3) is 0.611. The fourth-order valence-corrected chi connectivity index (χ4v) is 4.62. The molecular formula is C18H25N5O9PS+.